The minimum atomic E-state index is -0.699. The number of likely N-dealkylation sites (N-methyl/N-ethyl adjacent to an activating group) is 1. The molecule has 1 aromatic carbocycles. The molecule has 2 atom stereocenters. The first-order valence-electron chi connectivity index (χ1n) is 11.5. The van der Waals surface area contributed by atoms with Crippen LogP contribution in [0.25, 0.3) is 10.9 Å². The number of carbonyl (C=O) groups is 2. The highest BCUT2D eigenvalue weighted by molar-refractivity contribution is 5.95. The molecule has 1 aromatic heterocycles. The van der Waals surface area contributed by atoms with Crippen LogP contribution in [-0.4, -0.2) is 93.2 Å². The van der Waals surface area contributed by atoms with Crippen LogP contribution in [0.15, 0.2) is 42.3 Å². The average molecular weight is 491 g/mol. The van der Waals surface area contributed by atoms with Crippen molar-refractivity contribution in [3.8, 4) is 0 Å². The zero-order chi connectivity index (χ0) is 25.4. The molecule has 0 fully saturated rings. The number of rotatable bonds is 12. The van der Waals surface area contributed by atoms with Crippen LogP contribution in [0.5, 0.6) is 0 Å². The molecule has 3 rings (SSSR count). The summed E-state index contributed by atoms with van der Waals surface area (Å²) in [6.07, 6.45) is 2.77. The van der Waals surface area contributed by atoms with Gasteiger partial charge in [0.25, 0.3) is 5.91 Å². The molecular weight excluding hydrogens is 456 g/mol. The Bertz CT molecular complexity index is 1030. The third-order valence-electron chi connectivity index (χ3n) is 5.81. The van der Waals surface area contributed by atoms with Gasteiger partial charge in [0, 0.05) is 52.1 Å². The van der Waals surface area contributed by atoms with Gasteiger partial charge in [0.05, 0.1) is 38.5 Å². The first-order valence-corrected chi connectivity index (χ1v) is 11.5. The number of nitrogens with zero attached hydrogens (tertiary/aromatic N) is 2. The Balaban J connectivity index is 1.89. The van der Waals surface area contributed by atoms with Crippen molar-refractivity contribution in [2.45, 2.75) is 31.8 Å². The number of aromatic nitrogens is 1. The first-order chi connectivity index (χ1) is 16.9. The number of methoxy groups -OCH3 is 2. The Morgan fingerprint density at radius 2 is 1.94 bits per heavy atom. The molecular formula is C25H34N2O8. The van der Waals surface area contributed by atoms with E-state index in [9.17, 15) is 9.59 Å². The number of fused-ring (bicyclic) bond motifs is 1. The Morgan fingerprint density at radius 3 is 2.63 bits per heavy atom. The Labute approximate surface area is 204 Å². The van der Waals surface area contributed by atoms with E-state index in [0.717, 1.165) is 16.5 Å². The third kappa shape index (κ3) is 6.68. The van der Waals surface area contributed by atoms with Gasteiger partial charge in [0.15, 0.2) is 12.0 Å². The Morgan fingerprint density at radius 1 is 1.20 bits per heavy atom. The molecule has 2 aromatic rings. The molecule has 0 spiro atoms. The second kappa shape index (κ2) is 12.8. The number of amides is 1. The largest absolute Gasteiger partial charge is 0.459 e. The lowest BCUT2D eigenvalue weighted by Gasteiger charge is -2.31. The maximum Gasteiger partial charge on any atom is 0.288 e. The number of hydrogen-bond acceptors (Lipinski definition) is 8. The summed E-state index contributed by atoms with van der Waals surface area (Å²) in [6.45, 7) is 2.39. The number of ether oxygens (including phenoxy) is 5. The SMILES string of the molecule is COC(CN(C)C(=O)C1=C[C@@H](c2cn(C(C)=O)c3ccccc23)C[C@@H](OCCOCCO)O1)OC. The Kier molecular flexibility index (Phi) is 9.82. The lowest BCUT2D eigenvalue weighted by molar-refractivity contribution is -0.161. The molecule has 2 heterocycles. The van der Waals surface area contributed by atoms with E-state index in [1.807, 2.05) is 30.5 Å². The smallest absolute Gasteiger partial charge is 0.288 e. The fourth-order valence-electron chi connectivity index (χ4n) is 4.03. The number of benzene rings is 1. The number of aliphatic hydroxyl groups excluding tert-OH is 1. The van der Waals surface area contributed by atoms with E-state index in [0.29, 0.717) is 6.42 Å². The summed E-state index contributed by atoms with van der Waals surface area (Å²) in [6, 6.07) is 7.66. The van der Waals surface area contributed by atoms with Crippen LogP contribution in [0.4, 0.5) is 0 Å². The second-order valence-corrected chi connectivity index (χ2v) is 8.20. The number of hydrogen-bond donors (Lipinski definition) is 1. The van der Waals surface area contributed by atoms with Crippen molar-refractivity contribution in [3.05, 3.63) is 47.9 Å². The molecule has 0 saturated heterocycles. The van der Waals surface area contributed by atoms with E-state index in [-0.39, 0.29) is 56.5 Å². The first kappa shape index (κ1) is 26.8. The van der Waals surface area contributed by atoms with Crippen LogP contribution in [0.2, 0.25) is 0 Å². The maximum atomic E-state index is 13.2. The molecule has 192 valence electrons. The topological polar surface area (TPSA) is 109 Å². The minimum Gasteiger partial charge on any atom is -0.459 e. The van der Waals surface area contributed by atoms with Crippen molar-refractivity contribution in [2.24, 2.45) is 0 Å². The van der Waals surface area contributed by atoms with Crippen molar-refractivity contribution in [1.29, 1.82) is 0 Å². The van der Waals surface area contributed by atoms with Gasteiger partial charge >= 0.3 is 0 Å². The van der Waals surface area contributed by atoms with Crippen LogP contribution < -0.4 is 0 Å². The third-order valence-corrected chi connectivity index (χ3v) is 5.81. The summed E-state index contributed by atoms with van der Waals surface area (Å²) in [5, 5.41) is 9.79. The lowest BCUT2D eigenvalue weighted by Crippen LogP contribution is -2.39. The van der Waals surface area contributed by atoms with E-state index in [2.05, 4.69) is 0 Å². The number of allylic oxidation sites excluding steroid dienone is 1. The molecule has 1 N–H and O–H groups in total. The van der Waals surface area contributed by atoms with Crippen molar-refractivity contribution in [2.75, 3.05) is 54.2 Å². The molecule has 0 bridgehead atoms. The molecule has 0 aliphatic carbocycles. The fraction of sp³-hybridized carbons (Fsp3) is 0.520. The molecule has 35 heavy (non-hydrogen) atoms. The average Bonchev–Trinajstić information content (AvgIpc) is 3.26. The molecule has 1 aliphatic rings. The highest BCUT2D eigenvalue weighted by Gasteiger charge is 2.32. The fourth-order valence-corrected chi connectivity index (χ4v) is 4.03. The normalized spacial score (nSPS) is 17.9. The summed E-state index contributed by atoms with van der Waals surface area (Å²) < 4.78 is 29.1. The summed E-state index contributed by atoms with van der Waals surface area (Å²) in [7, 11) is 4.65. The molecule has 0 radical (unpaired) electrons. The lowest BCUT2D eigenvalue weighted by atomic mass is 9.92. The van der Waals surface area contributed by atoms with Gasteiger partial charge in [-0.15, -0.1) is 0 Å². The highest BCUT2D eigenvalue weighted by Crippen LogP contribution is 2.36. The number of aliphatic hydroxyl groups is 1. The zero-order valence-electron chi connectivity index (χ0n) is 20.6. The monoisotopic (exact) mass is 490 g/mol. The van der Waals surface area contributed by atoms with Crippen LogP contribution >= 0.6 is 0 Å². The van der Waals surface area contributed by atoms with E-state index in [4.69, 9.17) is 28.8 Å². The van der Waals surface area contributed by atoms with E-state index in [1.165, 1.54) is 26.0 Å². The summed E-state index contributed by atoms with van der Waals surface area (Å²) >= 11 is 0. The van der Waals surface area contributed by atoms with E-state index in [1.54, 1.807) is 17.7 Å². The van der Waals surface area contributed by atoms with Crippen molar-refractivity contribution in [1.82, 2.24) is 9.47 Å². The summed E-state index contributed by atoms with van der Waals surface area (Å²) in [4.78, 5) is 26.9. The standard InChI is InChI=1S/C25H34N2O8/c1-17(29)27-15-20(19-7-5-6-8-21(19)27)18-13-22(25(30)26(2)16-24(31-3)32-4)35-23(14-18)34-12-11-33-10-9-28/h5-8,13,15,18,23-24,28H,9-12,14,16H2,1-4H3/t18-,23+/m1/s1. The van der Waals surface area contributed by atoms with Gasteiger partial charge in [-0.3, -0.25) is 14.2 Å². The number of carbonyl (C=O) groups excluding carboxylic acids is 2. The summed E-state index contributed by atoms with van der Waals surface area (Å²) in [5.74, 6) is -0.519. The molecule has 10 nitrogen and oxygen atoms in total. The van der Waals surface area contributed by atoms with Gasteiger partial charge in [0.1, 0.15) is 0 Å². The Hall–Kier alpha value is -2.76. The van der Waals surface area contributed by atoms with Crippen molar-refractivity contribution >= 4 is 22.7 Å². The number of para-hydroxylation sites is 1. The maximum absolute atomic E-state index is 13.2. The summed E-state index contributed by atoms with van der Waals surface area (Å²) in [5.41, 5.74) is 1.71. The van der Waals surface area contributed by atoms with Crippen LogP contribution in [0.3, 0.4) is 0 Å². The van der Waals surface area contributed by atoms with Crippen molar-refractivity contribution in [3.63, 3.8) is 0 Å². The molecule has 1 amide bonds. The molecule has 1 aliphatic heterocycles. The molecule has 10 heteroatoms. The highest BCUT2D eigenvalue weighted by atomic mass is 16.7. The van der Waals surface area contributed by atoms with Crippen LogP contribution in [0.1, 0.15) is 29.6 Å². The van der Waals surface area contributed by atoms with Gasteiger partial charge < -0.3 is 33.7 Å². The van der Waals surface area contributed by atoms with Gasteiger partial charge in [-0.1, -0.05) is 18.2 Å². The predicted molar refractivity (Wildman–Crippen MR) is 128 cm³/mol. The predicted octanol–water partition coefficient (Wildman–Crippen LogP) is 2.12. The van der Waals surface area contributed by atoms with Gasteiger partial charge in [-0.25, -0.2) is 0 Å². The van der Waals surface area contributed by atoms with Gasteiger partial charge in [-0.2, -0.15) is 0 Å². The van der Waals surface area contributed by atoms with E-state index >= 15 is 0 Å². The minimum absolute atomic E-state index is 0.0696. The van der Waals surface area contributed by atoms with Crippen LogP contribution in [-0.2, 0) is 28.5 Å². The van der Waals surface area contributed by atoms with Crippen LogP contribution in [0, 0.1) is 0 Å². The molecule has 0 unspecified atom stereocenters. The van der Waals surface area contributed by atoms with E-state index < -0.39 is 12.6 Å². The van der Waals surface area contributed by atoms with Gasteiger partial charge in [0.2, 0.25) is 12.2 Å². The molecule has 0 saturated carbocycles. The second-order valence-electron chi connectivity index (χ2n) is 8.20. The van der Waals surface area contributed by atoms with Crippen molar-refractivity contribution < 1.29 is 38.4 Å². The van der Waals surface area contributed by atoms with Gasteiger partial charge in [-0.05, 0) is 17.7 Å². The quantitative estimate of drug-likeness (QED) is 0.356. The zero-order valence-corrected chi connectivity index (χ0v) is 20.6.